The van der Waals surface area contributed by atoms with Crippen molar-refractivity contribution < 1.29 is 9.53 Å². The summed E-state index contributed by atoms with van der Waals surface area (Å²) in [5.74, 6) is 0.0872. The lowest BCUT2D eigenvalue weighted by Crippen LogP contribution is -2.50. The number of benzene rings is 1. The van der Waals surface area contributed by atoms with E-state index in [0.717, 1.165) is 61.2 Å². The SMILES string of the molecule is CCCN(c1nc(C2C(=O)Nc3ccccc32)c2cn(C3CCCC3)nc2n1)N1CCOCC1. The van der Waals surface area contributed by atoms with Crippen molar-refractivity contribution in [1.29, 1.82) is 0 Å². The van der Waals surface area contributed by atoms with Crippen LogP contribution in [0.15, 0.2) is 30.5 Å². The van der Waals surface area contributed by atoms with Gasteiger partial charge in [-0.05, 0) is 30.9 Å². The topological polar surface area (TPSA) is 88.4 Å². The van der Waals surface area contributed by atoms with Gasteiger partial charge in [0.15, 0.2) is 5.65 Å². The number of hydrogen-bond acceptors (Lipinski definition) is 7. The van der Waals surface area contributed by atoms with E-state index in [1.165, 1.54) is 12.8 Å². The highest BCUT2D eigenvalue weighted by Crippen LogP contribution is 2.40. The van der Waals surface area contributed by atoms with Crippen LogP contribution in [-0.2, 0) is 9.53 Å². The highest BCUT2D eigenvalue weighted by Gasteiger charge is 2.36. The van der Waals surface area contributed by atoms with Gasteiger partial charge in [-0.15, -0.1) is 0 Å². The molecule has 0 radical (unpaired) electrons. The van der Waals surface area contributed by atoms with Crippen LogP contribution in [0.2, 0.25) is 0 Å². The summed E-state index contributed by atoms with van der Waals surface area (Å²) < 4.78 is 7.64. The summed E-state index contributed by atoms with van der Waals surface area (Å²) in [6.07, 6.45) is 7.74. The molecule has 1 aliphatic carbocycles. The molecule has 1 amide bonds. The minimum Gasteiger partial charge on any atom is -0.379 e. The van der Waals surface area contributed by atoms with Crippen LogP contribution in [0.5, 0.6) is 0 Å². The zero-order chi connectivity index (χ0) is 23.1. The Labute approximate surface area is 199 Å². The van der Waals surface area contributed by atoms with E-state index in [2.05, 4.69) is 33.1 Å². The molecule has 34 heavy (non-hydrogen) atoms. The van der Waals surface area contributed by atoms with Gasteiger partial charge in [0.1, 0.15) is 5.92 Å². The number of rotatable bonds is 6. The number of amides is 1. The smallest absolute Gasteiger partial charge is 0.242 e. The molecule has 3 aliphatic rings. The monoisotopic (exact) mass is 461 g/mol. The molecule has 1 unspecified atom stereocenters. The van der Waals surface area contributed by atoms with E-state index in [1.807, 2.05) is 24.3 Å². The third-order valence-electron chi connectivity index (χ3n) is 7.17. The lowest BCUT2D eigenvalue weighted by molar-refractivity contribution is -0.116. The lowest BCUT2D eigenvalue weighted by Gasteiger charge is -2.37. The van der Waals surface area contributed by atoms with Gasteiger partial charge in [-0.2, -0.15) is 10.1 Å². The third-order valence-corrected chi connectivity index (χ3v) is 7.17. The lowest BCUT2D eigenvalue weighted by atomic mass is 9.95. The second-order valence-electron chi connectivity index (χ2n) is 9.39. The van der Waals surface area contributed by atoms with Crippen LogP contribution in [0.1, 0.15) is 62.2 Å². The fourth-order valence-electron chi connectivity index (χ4n) is 5.48. The molecule has 2 fully saturated rings. The number of fused-ring (bicyclic) bond motifs is 2. The Bertz CT molecular complexity index is 1200. The number of morpholine rings is 1. The van der Waals surface area contributed by atoms with Crippen molar-refractivity contribution >= 4 is 28.6 Å². The Balaban J connectivity index is 1.51. The van der Waals surface area contributed by atoms with Crippen LogP contribution in [0, 0.1) is 0 Å². The summed E-state index contributed by atoms with van der Waals surface area (Å²) in [6.45, 7) is 5.90. The molecule has 1 aromatic carbocycles. The number of carbonyl (C=O) groups excluding carboxylic acids is 1. The predicted octanol–water partition coefficient (Wildman–Crippen LogP) is 3.49. The Morgan fingerprint density at radius 3 is 2.74 bits per heavy atom. The van der Waals surface area contributed by atoms with Crippen LogP contribution in [-0.4, -0.2) is 63.5 Å². The number of aromatic nitrogens is 4. The van der Waals surface area contributed by atoms with Crippen LogP contribution < -0.4 is 10.3 Å². The van der Waals surface area contributed by atoms with Gasteiger partial charge in [-0.25, -0.2) is 9.99 Å². The number of nitrogens with one attached hydrogen (secondary N) is 1. The Kier molecular flexibility index (Phi) is 5.66. The number of ether oxygens (including phenoxy) is 1. The van der Waals surface area contributed by atoms with Gasteiger partial charge in [-0.1, -0.05) is 38.0 Å². The summed E-state index contributed by atoms with van der Waals surface area (Å²) in [5, 5.41) is 13.2. The van der Waals surface area contributed by atoms with Crippen molar-refractivity contribution in [2.45, 2.75) is 51.0 Å². The molecule has 178 valence electrons. The molecule has 0 bridgehead atoms. The van der Waals surface area contributed by atoms with Gasteiger partial charge in [0, 0.05) is 31.5 Å². The Hall–Kier alpha value is -3.04. The van der Waals surface area contributed by atoms with Crippen LogP contribution >= 0.6 is 0 Å². The van der Waals surface area contributed by atoms with E-state index in [-0.39, 0.29) is 5.91 Å². The number of hydrazine groups is 1. The van der Waals surface area contributed by atoms with Crippen molar-refractivity contribution in [2.24, 2.45) is 0 Å². The molecule has 1 saturated heterocycles. The number of nitrogens with zero attached hydrogens (tertiary/aromatic N) is 6. The van der Waals surface area contributed by atoms with Gasteiger partial charge in [0.2, 0.25) is 11.9 Å². The molecule has 6 rings (SSSR count). The highest BCUT2D eigenvalue weighted by atomic mass is 16.5. The number of anilines is 2. The first kappa shape index (κ1) is 21.5. The average molecular weight is 462 g/mol. The number of carbonyl (C=O) groups is 1. The second-order valence-corrected chi connectivity index (χ2v) is 9.39. The van der Waals surface area contributed by atoms with E-state index in [0.29, 0.717) is 30.9 Å². The molecule has 3 aromatic rings. The maximum absolute atomic E-state index is 13.2. The summed E-state index contributed by atoms with van der Waals surface area (Å²) in [7, 11) is 0. The largest absolute Gasteiger partial charge is 0.379 e. The molecule has 1 N–H and O–H groups in total. The maximum atomic E-state index is 13.2. The molecule has 2 aromatic heterocycles. The molecule has 9 heteroatoms. The fraction of sp³-hybridized carbons (Fsp3) is 0.520. The Morgan fingerprint density at radius 2 is 1.94 bits per heavy atom. The van der Waals surface area contributed by atoms with Crippen molar-refractivity contribution in [3.05, 3.63) is 41.7 Å². The summed E-state index contributed by atoms with van der Waals surface area (Å²) in [4.78, 5) is 23.2. The Morgan fingerprint density at radius 1 is 1.15 bits per heavy atom. The zero-order valence-corrected chi connectivity index (χ0v) is 19.6. The average Bonchev–Trinajstić information content (AvgIpc) is 3.60. The van der Waals surface area contributed by atoms with Crippen molar-refractivity contribution in [2.75, 3.05) is 43.2 Å². The molecule has 4 heterocycles. The summed E-state index contributed by atoms with van der Waals surface area (Å²) in [6, 6.07) is 8.28. The van der Waals surface area contributed by atoms with Crippen LogP contribution in [0.4, 0.5) is 11.6 Å². The normalized spacial score (nSPS) is 21.2. The van der Waals surface area contributed by atoms with E-state index < -0.39 is 5.92 Å². The van der Waals surface area contributed by atoms with Crippen molar-refractivity contribution in [1.82, 2.24) is 24.8 Å². The fourth-order valence-corrected chi connectivity index (χ4v) is 5.48. The van der Waals surface area contributed by atoms with Gasteiger partial charge in [0.05, 0.1) is 30.3 Å². The molecule has 1 atom stereocenters. The first-order chi connectivity index (χ1) is 16.7. The first-order valence-electron chi connectivity index (χ1n) is 12.5. The van der Waals surface area contributed by atoms with E-state index in [1.54, 1.807) is 0 Å². The van der Waals surface area contributed by atoms with Crippen molar-refractivity contribution in [3.63, 3.8) is 0 Å². The molecular weight excluding hydrogens is 430 g/mol. The standard InChI is InChI=1S/C25H31N7O2/c1-2-11-32(30-12-14-34-15-13-30)25-27-22(21-18-9-5-6-10-20(18)26-24(21)33)19-16-31(29-23(19)28-25)17-7-3-4-8-17/h5-6,9-10,16-17,21H,2-4,7-8,11-15H2,1H3,(H,26,33). The van der Waals surface area contributed by atoms with Crippen molar-refractivity contribution in [3.8, 4) is 0 Å². The third kappa shape index (κ3) is 3.73. The zero-order valence-electron chi connectivity index (χ0n) is 19.6. The van der Waals surface area contributed by atoms with Crippen LogP contribution in [0.3, 0.4) is 0 Å². The summed E-state index contributed by atoms with van der Waals surface area (Å²) >= 11 is 0. The van der Waals surface area contributed by atoms with E-state index in [9.17, 15) is 4.79 Å². The maximum Gasteiger partial charge on any atom is 0.242 e. The molecule has 0 spiro atoms. The number of para-hydroxylation sites is 1. The van der Waals surface area contributed by atoms with E-state index >= 15 is 0 Å². The van der Waals surface area contributed by atoms with Crippen LogP contribution in [0.25, 0.3) is 11.0 Å². The summed E-state index contributed by atoms with van der Waals surface area (Å²) in [5.41, 5.74) is 3.22. The predicted molar refractivity (Wildman–Crippen MR) is 130 cm³/mol. The highest BCUT2D eigenvalue weighted by molar-refractivity contribution is 6.06. The van der Waals surface area contributed by atoms with Gasteiger partial charge in [-0.3, -0.25) is 14.5 Å². The first-order valence-corrected chi connectivity index (χ1v) is 12.5. The quantitative estimate of drug-likeness (QED) is 0.601. The van der Waals surface area contributed by atoms with Gasteiger partial charge < -0.3 is 10.1 Å². The van der Waals surface area contributed by atoms with Gasteiger partial charge in [0.25, 0.3) is 0 Å². The number of hydrogen-bond donors (Lipinski definition) is 1. The minimum absolute atomic E-state index is 0.0471. The molecule has 9 nitrogen and oxygen atoms in total. The minimum atomic E-state index is -0.477. The molecular formula is C25H31N7O2. The van der Waals surface area contributed by atoms with E-state index in [4.69, 9.17) is 19.8 Å². The second kappa shape index (κ2) is 8.96. The molecule has 2 aliphatic heterocycles. The van der Waals surface area contributed by atoms with Gasteiger partial charge >= 0.3 is 0 Å². The molecule has 1 saturated carbocycles.